The molecule has 132 valence electrons. The molecule has 26 heavy (non-hydrogen) atoms. The second kappa shape index (κ2) is 7.47. The summed E-state index contributed by atoms with van der Waals surface area (Å²) in [5.74, 6) is 1.48. The molecule has 2 aromatic heterocycles. The summed E-state index contributed by atoms with van der Waals surface area (Å²) in [6.07, 6.45) is 1.42. The maximum Gasteiger partial charge on any atom is 0.221 e. The van der Waals surface area contributed by atoms with Crippen LogP contribution in [0.1, 0.15) is 12.6 Å². The van der Waals surface area contributed by atoms with Gasteiger partial charge in [-0.15, -0.1) is 0 Å². The van der Waals surface area contributed by atoms with Crippen molar-refractivity contribution in [3.63, 3.8) is 0 Å². The molecule has 8 heteroatoms. The zero-order chi connectivity index (χ0) is 18.5. The van der Waals surface area contributed by atoms with E-state index < -0.39 is 0 Å². The number of carbonyl (C=O) groups excluding carboxylic acids is 1. The van der Waals surface area contributed by atoms with Gasteiger partial charge in [-0.1, -0.05) is 6.07 Å². The highest BCUT2D eigenvalue weighted by atomic mass is 16.1. The largest absolute Gasteiger partial charge is 0.393 e. The zero-order valence-corrected chi connectivity index (χ0v) is 14.4. The normalized spacial score (nSPS) is 10.2. The van der Waals surface area contributed by atoms with E-state index in [1.165, 1.54) is 13.3 Å². The molecule has 8 nitrogen and oxygen atoms in total. The Bertz CT molecular complexity index is 925. The van der Waals surface area contributed by atoms with Crippen LogP contribution in [-0.4, -0.2) is 20.9 Å². The third-order valence-corrected chi connectivity index (χ3v) is 3.49. The minimum atomic E-state index is -0.119. The number of pyridine rings is 1. The van der Waals surface area contributed by atoms with E-state index in [4.69, 9.17) is 5.73 Å². The Kier molecular flexibility index (Phi) is 4.93. The van der Waals surface area contributed by atoms with Gasteiger partial charge in [-0.2, -0.15) is 0 Å². The van der Waals surface area contributed by atoms with E-state index in [1.807, 2.05) is 37.3 Å². The summed E-state index contributed by atoms with van der Waals surface area (Å²) in [6, 6.07) is 12.9. The van der Waals surface area contributed by atoms with E-state index in [-0.39, 0.29) is 5.91 Å². The standard InChI is InChI=1S/C18H19N7O/c1-11-4-3-5-15(22-11)25-18-16(19)17(20-10-21-18)24-14-8-6-13(7-9-14)23-12(2)26/h3-10H,19H2,1-2H3,(H,23,26)(H2,20,21,22,24,25). The molecule has 0 atom stereocenters. The van der Waals surface area contributed by atoms with Crippen LogP contribution in [0.25, 0.3) is 0 Å². The van der Waals surface area contributed by atoms with E-state index >= 15 is 0 Å². The molecule has 0 radical (unpaired) electrons. The third-order valence-electron chi connectivity index (χ3n) is 3.49. The first-order chi connectivity index (χ1) is 12.5. The van der Waals surface area contributed by atoms with Gasteiger partial charge < -0.3 is 21.7 Å². The van der Waals surface area contributed by atoms with Crippen molar-refractivity contribution in [1.29, 1.82) is 0 Å². The maximum absolute atomic E-state index is 11.1. The molecule has 1 amide bonds. The molecule has 2 heterocycles. The SMILES string of the molecule is CC(=O)Nc1ccc(Nc2ncnc(Nc3cccc(C)n3)c2N)cc1. The van der Waals surface area contributed by atoms with Gasteiger partial charge in [-0.05, 0) is 43.3 Å². The Morgan fingerprint density at radius 1 is 0.962 bits per heavy atom. The number of aromatic nitrogens is 3. The van der Waals surface area contributed by atoms with Gasteiger partial charge in [-0.25, -0.2) is 15.0 Å². The highest BCUT2D eigenvalue weighted by Crippen LogP contribution is 2.28. The van der Waals surface area contributed by atoms with Crippen LogP contribution in [0.4, 0.5) is 34.5 Å². The topological polar surface area (TPSA) is 118 Å². The van der Waals surface area contributed by atoms with Crippen LogP contribution in [0.3, 0.4) is 0 Å². The minimum Gasteiger partial charge on any atom is -0.393 e. The Morgan fingerprint density at radius 3 is 2.27 bits per heavy atom. The number of hydrogen-bond acceptors (Lipinski definition) is 7. The maximum atomic E-state index is 11.1. The summed E-state index contributed by atoms with van der Waals surface area (Å²) < 4.78 is 0. The predicted molar refractivity (Wildman–Crippen MR) is 103 cm³/mol. The van der Waals surface area contributed by atoms with Gasteiger partial charge in [0.1, 0.15) is 17.8 Å². The number of amides is 1. The number of carbonyl (C=O) groups is 1. The van der Waals surface area contributed by atoms with E-state index in [0.717, 1.165) is 11.4 Å². The van der Waals surface area contributed by atoms with Crippen molar-refractivity contribution in [2.75, 3.05) is 21.7 Å². The van der Waals surface area contributed by atoms with Crippen LogP contribution >= 0.6 is 0 Å². The summed E-state index contributed by atoms with van der Waals surface area (Å²) in [4.78, 5) is 23.8. The fourth-order valence-corrected chi connectivity index (χ4v) is 2.31. The minimum absolute atomic E-state index is 0.119. The molecule has 0 unspecified atom stereocenters. The van der Waals surface area contributed by atoms with Gasteiger partial charge >= 0.3 is 0 Å². The van der Waals surface area contributed by atoms with Crippen molar-refractivity contribution in [3.8, 4) is 0 Å². The second-order valence-corrected chi connectivity index (χ2v) is 5.66. The number of rotatable bonds is 5. The molecule has 0 saturated carbocycles. The number of anilines is 6. The summed E-state index contributed by atoms with van der Waals surface area (Å²) in [6.45, 7) is 3.37. The van der Waals surface area contributed by atoms with Gasteiger partial charge in [0.05, 0.1) is 0 Å². The summed E-state index contributed by atoms with van der Waals surface area (Å²) in [5, 5.41) is 8.95. The number of nitrogens with one attached hydrogen (secondary N) is 3. The number of nitrogens with two attached hydrogens (primary N) is 1. The van der Waals surface area contributed by atoms with Crippen molar-refractivity contribution >= 4 is 40.4 Å². The molecule has 0 fully saturated rings. The van der Waals surface area contributed by atoms with E-state index in [9.17, 15) is 4.79 Å². The number of hydrogen-bond donors (Lipinski definition) is 4. The van der Waals surface area contributed by atoms with Crippen LogP contribution in [-0.2, 0) is 4.79 Å². The van der Waals surface area contributed by atoms with Gasteiger partial charge in [0.2, 0.25) is 5.91 Å². The van der Waals surface area contributed by atoms with Crippen LogP contribution in [0.2, 0.25) is 0 Å². The molecule has 0 aliphatic rings. The molecular formula is C18H19N7O. The number of nitrogens with zero attached hydrogens (tertiary/aromatic N) is 3. The predicted octanol–water partition coefficient (Wildman–Crippen LogP) is 3.21. The second-order valence-electron chi connectivity index (χ2n) is 5.66. The lowest BCUT2D eigenvalue weighted by Crippen LogP contribution is -2.07. The highest BCUT2D eigenvalue weighted by Gasteiger charge is 2.09. The molecule has 0 aliphatic carbocycles. The molecule has 0 aliphatic heterocycles. The fraction of sp³-hybridized carbons (Fsp3) is 0.111. The van der Waals surface area contributed by atoms with Crippen molar-refractivity contribution in [3.05, 3.63) is 54.5 Å². The smallest absolute Gasteiger partial charge is 0.221 e. The van der Waals surface area contributed by atoms with Gasteiger partial charge in [0.15, 0.2) is 11.6 Å². The Hall–Kier alpha value is -3.68. The van der Waals surface area contributed by atoms with E-state index in [1.54, 1.807) is 12.1 Å². The van der Waals surface area contributed by atoms with Crippen molar-refractivity contribution < 1.29 is 4.79 Å². The summed E-state index contributed by atoms with van der Waals surface area (Å²) in [5.41, 5.74) is 8.94. The Morgan fingerprint density at radius 2 is 1.62 bits per heavy atom. The number of nitrogen functional groups attached to an aromatic ring is 1. The summed E-state index contributed by atoms with van der Waals surface area (Å²) in [7, 11) is 0. The molecule has 3 aromatic rings. The molecule has 0 spiro atoms. The summed E-state index contributed by atoms with van der Waals surface area (Å²) >= 11 is 0. The molecule has 1 aromatic carbocycles. The van der Waals surface area contributed by atoms with Gasteiger partial charge in [0.25, 0.3) is 0 Å². The average Bonchev–Trinajstić information content (AvgIpc) is 2.60. The van der Waals surface area contributed by atoms with Gasteiger partial charge in [-0.3, -0.25) is 4.79 Å². The van der Waals surface area contributed by atoms with Crippen LogP contribution in [0.15, 0.2) is 48.8 Å². The van der Waals surface area contributed by atoms with Gasteiger partial charge in [0, 0.05) is 24.0 Å². The highest BCUT2D eigenvalue weighted by molar-refractivity contribution is 5.89. The fourth-order valence-electron chi connectivity index (χ4n) is 2.31. The first-order valence-electron chi connectivity index (χ1n) is 7.97. The first kappa shape index (κ1) is 17.2. The molecule has 0 bridgehead atoms. The van der Waals surface area contributed by atoms with Crippen LogP contribution in [0.5, 0.6) is 0 Å². The quantitative estimate of drug-likeness (QED) is 0.558. The van der Waals surface area contributed by atoms with Crippen molar-refractivity contribution in [2.24, 2.45) is 0 Å². The zero-order valence-electron chi connectivity index (χ0n) is 14.4. The molecule has 3 rings (SSSR count). The molecule has 5 N–H and O–H groups in total. The number of aryl methyl sites for hydroxylation is 1. The lowest BCUT2D eigenvalue weighted by molar-refractivity contribution is -0.114. The third kappa shape index (κ3) is 4.23. The average molecular weight is 349 g/mol. The first-order valence-corrected chi connectivity index (χ1v) is 7.97. The molecule has 0 saturated heterocycles. The molecular weight excluding hydrogens is 330 g/mol. The lowest BCUT2D eigenvalue weighted by atomic mass is 10.2. The Balaban J connectivity index is 1.77. The monoisotopic (exact) mass is 349 g/mol. The van der Waals surface area contributed by atoms with Crippen LogP contribution in [0, 0.1) is 6.92 Å². The van der Waals surface area contributed by atoms with E-state index in [0.29, 0.717) is 28.8 Å². The van der Waals surface area contributed by atoms with Crippen molar-refractivity contribution in [1.82, 2.24) is 15.0 Å². The Labute approximate surface area is 150 Å². The number of benzene rings is 1. The van der Waals surface area contributed by atoms with Crippen LogP contribution < -0.4 is 21.7 Å². The lowest BCUT2D eigenvalue weighted by Gasteiger charge is -2.12. The van der Waals surface area contributed by atoms with E-state index in [2.05, 4.69) is 30.9 Å². The van der Waals surface area contributed by atoms with Crippen molar-refractivity contribution in [2.45, 2.75) is 13.8 Å².